The van der Waals surface area contributed by atoms with Crippen molar-refractivity contribution in [2.45, 2.75) is 44.2 Å². The van der Waals surface area contributed by atoms with Crippen LogP contribution in [0.4, 0.5) is 0 Å². The van der Waals surface area contributed by atoms with Gasteiger partial charge in [0, 0.05) is 71.9 Å². The Morgan fingerprint density at radius 1 is 0.617 bits per heavy atom. The van der Waals surface area contributed by atoms with E-state index < -0.39 is 47.3 Å². The minimum atomic E-state index is -1.14. The minimum absolute atomic E-state index is 0.0460. The topological polar surface area (TPSA) is 241 Å². The van der Waals surface area contributed by atoms with Crippen LogP contribution in [0.2, 0.25) is 0 Å². The van der Waals surface area contributed by atoms with Crippen molar-refractivity contribution in [2.75, 3.05) is 98.7 Å². The lowest BCUT2D eigenvalue weighted by Gasteiger charge is -2.41. The molecule has 2 amide bonds. The maximum atomic E-state index is 13.5. The molecule has 0 saturated carbocycles. The summed E-state index contributed by atoms with van der Waals surface area (Å²) in [5.74, 6) is -5.41. The van der Waals surface area contributed by atoms with Gasteiger partial charge in [0.1, 0.15) is 11.8 Å². The first-order valence-electron chi connectivity index (χ1n) is 15.7. The molecule has 2 saturated heterocycles. The predicted octanol–water partition coefficient (Wildman–Crippen LogP) is -3.02. The number of carbonyl (C=O) groups excluding carboxylic acids is 3. The SMILES string of the molecule is CNC1(C(C)=O)CCN(C(=O)C(CCC(=O)O)NC(=O)CN2CCN(CC(=O)O)CCN(CC(=O)O)CCN(CC(=O)O)CC2)CC1. The largest absolute Gasteiger partial charge is 0.481 e. The fourth-order valence-electron chi connectivity index (χ4n) is 5.86. The van der Waals surface area contributed by atoms with Crippen LogP contribution in [0, 0.1) is 0 Å². The van der Waals surface area contributed by atoms with Gasteiger partial charge in [-0.15, -0.1) is 0 Å². The first-order chi connectivity index (χ1) is 22.1. The van der Waals surface area contributed by atoms with Crippen LogP contribution in [0.1, 0.15) is 32.6 Å². The fourth-order valence-corrected chi connectivity index (χ4v) is 5.86. The van der Waals surface area contributed by atoms with Crippen LogP contribution in [0.3, 0.4) is 0 Å². The molecule has 0 bridgehead atoms. The van der Waals surface area contributed by atoms with Crippen molar-refractivity contribution < 1.29 is 54.0 Å². The number of carbonyl (C=O) groups is 7. The second kappa shape index (κ2) is 19.2. The normalized spacial score (nSPS) is 19.9. The Balaban J connectivity index is 2.18. The van der Waals surface area contributed by atoms with E-state index in [-0.39, 0.29) is 110 Å². The van der Waals surface area contributed by atoms with E-state index in [1.165, 1.54) is 11.8 Å². The molecule has 0 spiro atoms. The van der Waals surface area contributed by atoms with Crippen LogP contribution in [0.25, 0.3) is 0 Å². The average molecular weight is 672 g/mol. The van der Waals surface area contributed by atoms with Crippen LogP contribution >= 0.6 is 0 Å². The molecule has 1 atom stereocenters. The highest BCUT2D eigenvalue weighted by Gasteiger charge is 2.40. The van der Waals surface area contributed by atoms with Crippen molar-refractivity contribution in [2.24, 2.45) is 0 Å². The van der Waals surface area contributed by atoms with Gasteiger partial charge in [-0.3, -0.25) is 53.2 Å². The Kier molecular flexibility index (Phi) is 16.1. The third-order valence-electron chi connectivity index (χ3n) is 8.73. The average Bonchev–Trinajstić information content (AvgIpc) is 2.99. The standard InChI is InChI=1S/C29H49N7O11/c1-21(37)29(30-2)5-7-36(8-6-29)28(47)22(3-4-24(39)40)31-23(38)17-32-9-11-33(18-25(41)42)13-15-35(20-27(45)46)16-14-34(12-10-32)19-26(43)44/h22,30H,3-20H2,1-2H3,(H,31,38)(H,39,40)(H,41,42)(H,43,44)(H,45,46). The van der Waals surface area contributed by atoms with Gasteiger partial charge in [0.2, 0.25) is 11.8 Å². The van der Waals surface area contributed by atoms with E-state index in [4.69, 9.17) is 0 Å². The molecule has 2 rings (SSSR count). The molecule has 0 aliphatic carbocycles. The van der Waals surface area contributed by atoms with Crippen molar-refractivity contribution in [3.63, 3.8) is 0 Å². The summed E-state index contributed by atoms with van der Waals surface area (Å²) in [7, 11) is 1.68. The van der Waals surface area contributed by atoms with Gasteiger partial charge in [-0.25, -0.2) is 0 Å². The molecule has 18 nitrogen and oxygen atoms in total. The van der Waals surface area contributed by atoms with Gasteiger partial charge in [0.15, 0.2) is 0 Å². The first kappa shape index (κ1) is 39.5. The minimum Gasteiger partial charge on any atom is -0.481 e. The molecule has 0 radical (unpaired) electrons. The molecule has 2 aliphatic heterocycles. The molecule has 2 heterocycles. The molecule has 1 unspecified atom stereocenters. The van der Waals surface area contributed by atoms with E-state index in [9.17, 15) is 54.0 Å². The van der Waals surface area contributed by atoms with Crippen LogP contribution in [-0.2, 0) is 33.6 Å². The maximum absolute atomic E-state index is 13.5. The van der Waals surface area contributed by atoms with Gasteiger partial charge in [0.25, 0.3) is 0 Å². The smallest absolute Gasteiger partial charge is 0.317 e. The molecule has 266 valence electrons. The third-order valence-corrected chi connectivity index (χ3v) is 8.73. The van der Waals surface area contributed by atoms with Gasteiger partial charge in [0.05, 0.1) is 31.7 Å². The zero-order chi connectivity index (χ0) is 35.1. The quantitative estimate of drug-likeness (QED) is 0.102. The lowest BCUT2D eigenvalue weighted by atomic mass is 9.84. The maximum Gasteiger partial charge on any atom is 0.317 e. The number of carboxylic acid groups (broad SMARTS) is 4. The van der Waals surface area contributed by atoms with E-state index in [0.717, 1.165) is 0 Å². The summed E-state index contributed by atoms with van der Waals surface area (Å²) in [5, 5.41) is 43.2. The molecule has 6 N–H and O–H groups in total. The Labute approximate surface area is 273 Å². The van der Waals surface area contributed by atoms with Crippen molar-refractivity contribution >= 4 is 41.5 Å². The number of likely N-dealkylation sites (N-methyl/N-ethyl adjacent to an activating group) is 1. The molecular weight excluding hydrogens is 622 g/mol. The number of carboxylic acids is 4. The first-order valence-corrected chi connectivity index (χ1v) is 15.7. The molecule has 0 aromatic rings. The summed E-state index contributed by atoms with van der Waals surface area (Å²) >= 11 is 0. The molecule has 2 aliphatic rings. The van der Waals surface area contributed by atoms with Gasteiger partial charge in [-0.1, -0.05) is 0 Å². The number of hydrogen-bond donors (Lipinski definition) is 6. The highest BCUT2D eigenvalue weighted by molar-refractivity contribution is 5.90. The number of piperidine rings is 1. The number of Topliss-reactive ketones (excluding diaryl/α,β-unsaturated/α-hetero) is 1. The lowest BCUT2D eigenvalue weighted by Crippen LogP contribution is -2.59. The van der Waals surface area contributed by atoms with Gasteiger partial charge in [-0.2, -0.15) is 0 Å². The number of hydrogen-bond acceptors (Lipinski definition) is 12. The number of nitrogens with zero attached hydrogens (tertiary/aromatic N) is 5. The second-order valence-corrected chi connectivity index (χ2v) is 12.1. The Morgan fingerprint density at radius 2 is 1.00 bits per heavy atom. The summed E-state index contributed by atoms with van der Waals surface area (Å²) in [4.78, 5) is 92.9. The second-order valence-electron chi connectivity index (χ2n) is 12.1. The number of rotatable bonds is 15. The summed E-state index contributed by atoms with van der Waals surface area (Å²) in [6.45, 7) is 2.55. The summed E-state index contributed by atoms with van der Waals surface area (Å²) in [6.07, 6.45) is 0.221. The molecule has 47 heavy (non-hydrogen) atoms. The van der Waals surface area contributed by atoms with Crippen LogP contribution in [0.15, 0.2) is 0 Å². The number of likely N-dealkylation sites (tertiary alicyclic amines) is 1. The van der Waals surface area contributed by atoms with Crippen LogP contribution < -0.4 is 10.6 Å². The third kappa shape index (κ3) is 13.9. The van der Waals surface area contributed by atoms with Crippen molar-refractivity contribution in [1.82, 2.24) is 35.1 Å². The van der Waals surface area contributed by atoms with E-state index in [1.807, 2.05) is 0 Å². The van der Waals surface area contributed by atoms with E-state index in [2.05, 4.69) is 10.6 Å². The molecule has 0 aromatic carbocycles. The predicted molar refractivity (Wildman–Crippen MR) is 166 cm³/mol. The molecule has 2 fully saturated rings. The van der Waals surface area contributed by atoms with Crippen molar-refractivity contribution in [3.05, 3.63) is 0 Å². The lowest BCUT2D eigenvalue weighted by molar-refractivity contribution is -0.141. The number of aliphatic carboxylic acids is 4. The Morgan fingerprint density at radius 3 is 1.32 bits per heavy atom. The molecule has 0 aromatic heterocycles. The zero-order valence-corrected chi connectivity index (χ0v) is 27.2. The van der Waals surface area contributed by atoms with Crippen molar-refractivity contribution in [3.8, 4) is 0 Å². The highest BCUT2D eigenvalue weighted by atomic mass is 16.4. The summed E-state index contributed by atoms with van der Waals surface area (Å²) < 4.78 is 0. The fraction of sp³-hybridized carbons (Fsp3) is 0.759. The number of nitrogens with one attached hydrogen (secondary N) is 2. The van der Waals surface area contributed by atoms with E-state index >= 15 is 0 Å². The van der Waals surface area contributed by atoms with Gasteiger partial charge in [-0.05, 0) is 33.2 Å². The van der Waals surface area contributed by atoms with Gasteiger partial charge >= 0.3 is 23.9 Å². The van der Waals surface area contributed by atoms with Gasteiger partial charge < -0.3 is 36.0 Å². The monoisotopic (exact) mass is 671 g/mol. The molecular formula is C29H49N7O11. The highest BCUT2D eigenvalue weighted by Crippen LogP contribution is 2.24. The summed E-state index contributed by atoms with van der Waals surface area (Å²) in [6, 6.07) is -1.13. The number of amides is 2. The van der Waals surface area contributed by atoms with Crippen molar-refractivity contribution in [1.29, 1.82) is 0 Å². The molecule has 18 heteroatoms. The van der Waals surface area contributed by atoms with Crippen LogP contribution in [-0.4, -0.2) is 197 Å². The van der Waals surface area contributed by atoms with E-state index in [1.54, 1.807) is 26.6 Å². The summed E-state index contributed by atoms with van der Waals surface area (Å²) in [5.41, 5.74) is -0.755. The number of ketones is 1. The Bertz CT molecular complexity index is 1100. The van der Waals surface area contributed by atoms with E-state index in [0.29, 0.717) is 12.8 Å². The van der Waals surface area contributed by atoms with Crippen LogP contribution in [0.5, 0.6) is 0 Å². The zero-order valence-electron chi connectivity index (χ0n) is 27.2. The Hall–Kier alpha value is -3.71.